The number of aromatic nitrogens is 1. The number of fused-ring (bicyclic) bond motifs is 3. The number of hydrogen-bond acceptors (Lipinski definition) is 8. The van der Waals surface area contributed by atoms with Gasteiger partial charge in [0.05, 0.1) is 26.5 Å². The average molecular weight is 407 g/mol. The molecule has 1 aromatic heterocycles. The van der Waals surface area contributed by atoms with E-state index in [1.165, 1.54) is 19.2 Å². The topological polar surface area (TPSA) is 105 Å². The van der Waals surface area contributed by atoms with Crippen molar-refractivity contribution in [2.75, 3.05) is 37.9 Å². The molecule has 1 aromatic carbocycles. The van der Waals surface area contributed by atoms with Crippen molar-refractivity contribution in [3.05, 3.63) is 53.5 Å². The second-order valence-corrected chi connectivity index (χ2v) is 6.71. The fourth-order valence-electron chi connectivity index (χ4n) is 3.46. The number of aliphatic imine (C=N–C) groups is 1. The highest BCUT2D eigenvalue weighted by atomic mass is 16.5. The van der Waals surface area contributed by atoms with Gasteiger partial charge in [-0.2, -0.15) is 0 Å². The van der Waals surface area contributed by atoms with Crippen molar-refractivity contribution in [3.8, 4) is 11.5 Å². The highest BCUT2D eigenvalue weighted by Gasteiger charge is 2.32. The highest BCUT2D eigenvalue weighted by molar-refractivity contribution is 6.11. The molecule has 4 rings (SSSR count). The van der Waals surface area contributed by atoms with Crippen molar-refractivity contribution in [1.82, 2.24) is 9.88 Å². The Hall–Kier alpha value is -3.88. The van der Waals surface area contributed by atoms with Crippen molar-refractivity contribution in [2.45, 2.75) is 6.92 Å². The number of pyridine rings is 1. The molecule has 3 heterocycles. The van der Waals surface area contributed by atoms with E-state index < -0.39 is 0 Å². The van der Waals surface area contributed by atoms with Crippen molar-refractivity contribution in [3.63, 3.8) is 0 Å². The first kappa shape index (κ1) is 19.4. The van der Waals surface area contributed by atoms with Crippen LogP contribution in [0.5, 0.6) is 11.5 Å². The zero-order chi connectivity index (χ0) is 21.3. The predicted molar refractivity (Wildman–Crippen MR) is 112 cm³/mol. The quantitative estimate of drug-likeness (QED) is 0.579. The van der Waals surface area contributed by atoms with Crippen LogP contribution in [0.2, 0.25) is 0 Å². The summed E-state index contributed by atoms with van der Waals surface area (Å²) >= 11 is 0. The van der Waals surface area contributed by atoms with E-state index in [0.29, 0.717) is 47.5 Å². The number of allylic oxidation sites excluding steroid dienone is 1. The Kier molecular flexibility index (Phi) is 5.09. The summed E-state index contributed by atoms with van der Waals surface area (Å²) in [6, 6.07) is 6.97. The third-order valence-corrected chi connectivity index (χ3v) is 4.79. The summed E-state index contributed by atoms with van der Waals surface area (Å²) in [5.41, 5.74) is 1.99. The molecule has 0 saturated heterocycles. The second-order valence-electron chi connectivity index (χ2n) is 6.71. The van der Waals surface area contributed by atoms with Crippen LogP contribution >= 0.6 is 0 Å². The summed E-state index contributed by atoms with van der Waals surface area (Å²) < 4.78 is 10.9. The number of ether oxygens (including phenoxy) is 2. The minimum Gasteiger partial charge on any atom is -0.493 e. The highest BCUT2D eigenvalue weighted by Crippen LogP contribution is 2.42. The molecule has 0 atom stereocenters. The zero-order valence-corrected chi connectivity index (χ0v) is 16.9. The summed E-state index contributed by atoms with van der Waals surface area (Å²) in [5, 5.41) is 5.88. The van der Waals surface area contributed by atoms with E-state index in [9.17, 15) is 9.59 Å². The molecule has 30 heavy (non-hydrogen) atoms. The molecular weight excluding hydrogens is 386 g/mol. The minimum atomic E-state index is -0.226. The van der Waals surface area contributed by atoms with Crippen LogP contribution in [0.4, 0.5) is 11.5 Å². The number of amidine groups is 1. The molecule has 1 amide bonds. The Balaban J connectivity index is 1.68. The van der Waals surface area contributed by atoms with Crippen LogP contribution < -0.4 is 20.1 Å². The molecular formula is C21H21N5O4. The lowest BCUT2D eigenvalue weighted by Gasteiger charge is -2.32. The molecule has 9 nitrogen and oxygen atoms in total. The van der Waals surface area contributed by atoms with Gasteiger partial charge in [0.25, 0.3) is 0 Å². The maximum absolute atomic E-state index is 12.9. The molecule has 2 N–H and O–H groups in total. The number of rotatable bonds is 5. The number of ketones is 1. The van der Waals surface area contributed by atoms with Gasteiger partial charge in [-0.05, 0) is 24.3 Å². The lowest BCUT2D eigenvalue weighted by molar-refractivity contribution is -0.114. The van der Waals surface area contributed by atoms with Gasteiger partial charge in [-0.15, -0.1) is 0 Å². The molecule has 0 fully saturated rings. The first-order valence-corrected chi connectivity index (χ1v) is 9.36. The predicted octanol–water partition coefficient (Wildman–Crippen LogP) is 2.27. The fourth-order valence-corrected chi connectivity index (χ4v) is 3.46. The largest absolute Gasteiger partial charge is 0.493 e. The van der Waals surface area contributed by atoms with E-state index in [4.69, 9.17) is 9.47 Å². The minimum absolute atomic E-state index is 0.223. The lowest BCUT2D eigenvalue weighted by atomic mass is 10.1. The number of nitrogens with one attached hydrogen (secondary N) is 2. The maximum atomic E-state index is 12.9. The van der Waals surface area contributed by atoms with Gasteiger partial charge in [0, 0.05) is 36.9 Å². The molecule has 0 radical (unpaired) electrons. The van der Waals surface area contributed by atoms with Crippen molar-refractivity contribution in [1.29, 1.82) is 0 Å². The summed E-state index contributed by atoms with van der Waals surface area (Å²) in [6.07, 6.45) is 2.95. The Bertz CT molecular complexity index is 1080. The molecule has 0 spiro atoms. The Morgan fingerprint density at radius 1 is 1.20 bits per heavy atom. The molecule has 2 aliphatic heterocycles. The molecule has 154 valence electrons. The van der Waals surface area contributed by atoms with Crippen LogP contribution in [-0.4, -0.2) is 54.7 Å². The van der Waals surface area contributed by atoms with Crippen LogP contribution in [-0.2, 0) is 4.79 Å². The standard InChI is InChI=1S/C21H21N5O4/c1-12(27)24-17-7-4-13(11-23-17)15(28)10-18-25-19-14(21-22-8-9-26(18)21)5-6-16(29-2)20(19)30-3/h4-7,10-11,25H,8-9H2,1-3H3,(H,23,24,27). The van der Waals surface area contributed by atoms with E-state index in [2.05, 4.69) is 20.6 Å². The molecule has 2 aromatic rings. The number of hydrogen-bond donors (Lipinski definition) is 2. The van der Waals surface area contributed by atoms with E-state index in [-0.39, 0.29) is 11.7 Å². The zero-order valence-electron chi connectivity index (χ0n) is 16.9. The molecule has 0 unspecified atom stereocenters. The van der Waals surface area contributed by atoms with Crippen molar-refractivity contribution >= 4 is 29.0 Å². The molecule has 2 aliphatic rings. The first-order valence-electron chi connectivity index (χ1n) is 9.36. The van der Waals surface area contributed by atoms with Gasteiger partial charge in [-0.3, -0.25) is 14.6 Å². The van der Waals surface area contributed by atoms with E-state index >= 15 is 0 Å². The van der Waals surface area contributed by atoms with E-state index in [1.807, 2.05) is 17.0 Å². The summed E-state index contributed by atoms with van der Waals surface area (Å²) in [7, 11) is 3.14. The fraction of sp³-hybridized carbons (Fsp3) is 0.238. The molecule has 0 aliphatic carbocycles. The first-order chi connectivity index (χ1) is 14.5. The number of amides is 1. The normalized spacial score (nSPS) is 15.6. The van der Waals surface area contributed by atoms with Gasteiger partial charge in [0.2, 0.25) is 5.91 Å². The van der Waals surface area contributed by atoms with E-state index in [1.54, 1.807) is 26.4 Å². The van der Waals surface area contributed by atoms with Crippen LogP contribution in [0.15, 0.2) is 47.4 Å². The number of carbonyl (C=O) groups is 2. The second kappa shape index (κ2) is 7.86. The Labute approximate surface area is 173 Å². The average Bonchev–Trinajstić information content (AvgIpc) is 3.23. The van der Waals surface area contributed by atoms with Gasteiger partial charge < -0.3 is 25.0 Å². The number of nitrogens with zero attached hydrogens (tertiary/aromatic N) is 3. The Morgan fingerprint density at radius 3 is 2.70 bits per heavy atom. The van der Waals surface area contributed by atoms with Crippen LogP contribution in [0.3, 0.4) is 0 Å². The third kappa shape index (κ3) is 3.45. The van der Waals surface area contributed by atoms with Gasteiger partial charge in [0.15, 0.2) is 17.3 Å². The van der Waals surface area contributed by atoms with Crippen molar-refractivity contribution < 1.29 is 19.1 Å². The smallest absolute Gasteiger partial charge is 0.222 e. The third-order valence-electron chi connectivity index (χ3n) is 4.79. The molecule has 0 bridgehead atoms. The van der Waals surface area contributed by atoms with Crippen LogP contribution in [0.25, 0.3) is 0 Å². The summed E-state index contributed by atoms with van der Waals surface area (Å²) in [6.45, 7) is 2.69. The van der Waals surface area contributed by atoms with Crippen LogP contribution in [0, 0.1) is 0 Å². The summed E-state index contributed by atoms with van der Waals surface area (Å²) in [4.78, 5) is 34.7. The summed E-state index contributed by atoms with van der Waals surface area (Å²) in [5.74, 6) is 2.45. The van der Waals surface area contributed by atoms with Gasteiger partial charge >= 0.3 is 0 Å². The van der Waals surface area contributed by atoms with Gasteiger partial charge in [-0.1, -0.05) is 0 Å². The lowest BCUT2D eigenvalue weighted by Crippen LogP contribution is -2.36. The van der Waals surface area contributed by atoms with Gasteiger partial charge in [0.1, 0.15) is 17.5 Å². The Morgan fingerprint density at radius 2 is 2.03 bits per heavy atom. The maximum Gasteiger partial charge on any atom is 0.222 e. The van der Waals surface area contributed by atoms with Crippen LogP contribution in [0.1, 0.15) is 22.8 Å². The number of benzene rings is 1. The SMILES string of the molecule is COc1ccc2c(c1OC)NC(=CC(=O)c1ccc(NC(C)=O)nc1)N1CCN=C21. The monoisotopic (exact) mass is 407 g/mol. The van der Waals surface area contributed by atoms with E-state index in [0.717, 1.165) is 11.4 Å². The number of anilines is 2. The van der Waals surface area contributed by atoms with Gasteiger partial charge in [-0.25, -0.2) is 4.98 Å². The number of methoxy groups -OCH3 is 2. The number of carbonyl (C=O) groups excluding carboxylic acids is 2. The molecule has 0 saturated carbocycles. The van der Waals surface area contributed by atoms with Crippen molar-refractivity contribution in [2.24, 2.45) is 4.99 Å². The molecule has 9 heteroatoms.